The van der Waals surface area contributed by atoms with Gasteiger partial charge in [-0.05, 0) is 25.2 Å². The molecule has 0 N–H and O–H groups in total. The normalized spacial score (nSPS) is 31.3. The summed E-state index contributed by atoms with van der Waals surface area (Å²) in [5.41, 5.74) is 0. The van der Waals surface area contributed by atoms with Crippen molar-refractivity contribution in [3.8, 4) is 0 Å². The van der Waals surface area contributed by atoms with E-state index in [4.69, 9.17) is 0 Å². The molecule has 0 aromatic heterocycles. The quantitative estimate of drug-likeness (QED) is 0.644. The molecule has 3 nitrogen and oxygen atoms in total. The molecule has 2 fully saturated rings. The minimum Gasteiger partial charge on any atom is -0.332 e. The molecule has 2 aliphatic heterocycles. The Bertz CT molecular complexity index is 298. The number of Topliss-reactive ketones (excluding diaryl/α,β-unsaturated/α-hetero) is 1. The molecule has 0 spiro atoms. The highest BCUT2D eigenvalue weighted by molar-refractivity contribution is 5.92. The lowest BCUT2D eigenvalue weighted by Gasteiger charge is -2.24. The van der Waals surface area contributed by atoms with Crippen LogP contribution in [0.2, 0.25) is 0 Å². The van der Waals surface area contributed by atoms with Crippen LogP contribution in [0.25, 0.3) is 0 Å². The monoisotopic (exact) mass is 207 g/mol. The van der Waals surface area contributed by atoms with Crippen molar-refractivity contribution in [2.75, 3.05) is 6.54 Å². The first-order valence-electron chi connectivity index (χ1n) is 5.67. The van der Waals surface area contributed by atoms with E-state index in [2.05, 4.69) is 6.58 Å². The molecule has 0 bridgehead atoms. The molecule has 82 valence electrons. The Morgan fingerprint density at radius 1 is 1.40 bits per heavy atom. The summed E-state index contributed by atoms with van der Waals surface area (Å²) in [5.74, 6) is 0.736. The van der Waals surface area contributed by atoms with E-state index in [1.807, 2.05) is 6.08 Å². The number of rotatable bonds is 2. The van der Waals surface area contributed by atoms with Crippen LogP contribution in [0.4, 0.5) is 0 Å². The third-order valence-electron chi connectivity index (χ3n) is 3.46. The van der Waals surface area contributed by atoms with Gasteiger partial charge in [0, 0.05) is 19.4 Å². The molecule has 2 heterocycles. The smallest absolute Gasteiger partial charge is 0.223 e. The van der Waals surface area contributed by atoms with Gasteiger partial charge < -0.3 is 4.90 Å². The SMILES string of the molecule is C=CC[C@H]1CCN2C(=O)CCCC(=O)C12. The van der Waals surface area contributed by atoms with E-state index < -0.39 is 0 Å². The lowest BCUT2D eigenvalue weighted by Crippen LogP contribution is -2.41. The first-order chi connectivity index (χ1) is 7.24. The first-order valence-corrected chi connectivity index (χ1v) is 5.67. The maximum atomic E-state index is 11.9. The molecule has 1 unspecified atom stereocenters. The largest absolute Gasteiger partial charge is 0.332 e. The number of amides is 1. The van der Waals surface area contributed by atoms with Gasteiger partial charge in [0.05, 0.1) is 6.04 Å². The van der Waals surface area contributed by atoms with Gasteiger partial charge in [-0.1, -0.05) is 6.08 Å². The molecule has 0 aromatic carbocycles. The summed E-state index contributed by atoms with van der Waals surface area (Å²) in [6.07, 6.45) is 5.50. The minimum absolute atomic E-state index is 0.141. The maximum absolute atomic E-state index is 11.9. The summed E-state index contributed by atoms with van der Waals surface area (Å²) in [5, 5.41) is 0. The fraction of sp³-hybridized carbons (Fsp3) is 0.667. The third-order valence-corrected chi connectivity index (χ3v) is 3.46. The Morgan fingerprint density at radius 3 is 2.93 bits per heavy atom. The summed E-state index contributed by atoms with van der Waals surface area (Å²) in [4.78, 5) is 25.4. The van der Waals surface area contributed by atoms with Gasteiger partial charge in [-0.2, -0.15) is 0 Å². The first kappa shape index (κ1) is 10.4. The predicted molar refractivity (Wildman–Crippen MR) is 57.3 cm³/mol. The van der Waals surface area contributed by atoms with Crippen molar-refractivity contribution < 1.29 is 9.59 Å². The summed E-state index contributed by atoms with van der Waals surface area (Å²) in [6.45, 7) is 4.47. The Labute approximate surface area is 90.1 Å². The number of carbonyl (C=O) groups excluding carboxylic acids is 2. The predicted octanol–water partition coefficient (Wildman–Crippen LogP) is 1.53. The van der Waals surface area contributed by atoms with E-state index in [1.165, 1.54) is 0 Å². The van der Waals surface area contributed by atoms with Gasteiger partial charge in [-0.15, -0.1) is 6.58 Å². The zero-order valence-electron chi connectivity index (χ0n) is 8.95. The van der Waals surface area contributed by atoms with Crippen LogP contribution in [-0.2, 0) is 9.59 Å². The number of nitrogens with zero attached hydrogens (tertiary/aromatic N) is 1. The van der Waals surface area contributed by atoms with Crippen LogP contribution in [0.15, 0.2) is 12.7 Å². The van der Waals surface area contributed by atoms with Gasteiger partial charge in [0.25, 0.3) is 0 Å². The molecule has 0 aliphatic carbocycles. The van der Waals surface area contributed by atoms with Gasteiger partial charge in [-0.3, -0.25) is 9.59 Å². The Hall–Kier alpha value is -1.12. The second kappa shape index (κ2) is 4.17. The zero-order chi connectivity index (χ0) is 10.8. The fourth-order valence-corrected chi connectivity index (χ4v) is 2.74. The van der Waals surface area contributed by atoms with Crippen LogP contribution >= 0.6 is 0 Å². The van der Waals surface area contributed by atoms with Crippen LogP contribution < -0.4 is 0 Å². The van der Waals surface area contributed by atoms with Gasteiger partial charge in [-0.25, -0.2) is 0 Å². The second-order valence-corrected chi connectivity index (χ2v) is 4.42. The highest BCUT2D eigenvalue weighted by Crippen LogP contribution is 2.31. The molecule has 3 heteroatoms. The van der Waals surface area contributed by atoms with Crippen LogP contribution in [0, 0.1) is 5.92 Å². The molecule has 15 heavy (non-hydrogen) atoms. The summed E-state index contributed by atoms with van der Waals surface area (Å²) < 4.78 is 0. The van der Waals surface area contributed by atoms with Crippen LogP contribution in [-0.4, -0.2) is 29.2 Å². The Kier molecular flexibility index (Phi) is 2.89. The van der Waals surface area contributed by atoms with Crippen LogP contribution in [0.3, 0.4) is 0 Å². The zero-order valence-corrected chi connectivity index (χ0v) is 8.95. The van der Waals surface area contributed by atoms with Crippen molar-refractivity contribution in [3.63, 3.8) is 0 Å². The topological polar surface area (TPSA) is 37.4 Å². The standard InChI is InChI=1S/C12H17NO2/c1-2-4-9-7-8-13-11(15)6-3-5-10(14)12(9)13/h2,9,12H,1,3-8H2/t9-,12?/m0/s1. The van der Waals surface area contributed by atoms with Gasteiger partial charge >= 0.3 is 0 Å². The number of carbonyl (C=O) groups is 2. The van der Waals surface area contributed by atoms with Crippen molar-refractivity contribution in [1.29, 1.82) is 0 Å². The van der Waals surface area contributed by atoms with Crippen molar-refractivity contribution >= 4 is 11.7 Å². The van der Waals surface area contributed by atoms with Crippen molar-refractivity contribution in [2.24, 2.45) is 5.92 Å². The highest BCUT2D eigenvalue weighted by atomic mass is 16.2. The number of ketones is 1. The average molecular weight is 207 g/mol. The van der Waals surface area contributed by atoms with Crippen molar-refractivity contribution in [3.05, 3.63) is 12.7 Å². The van der Waals surface area contributed by atoms with Crippen molar-refractivity contribution in [1.82, 2.24) is 4.90 Å². The lowest BCUT2D eigenvalue weighted by molar-refractivity contribution is -0.136. The number of allylic oxidation sites excluding steroid dienone is 1. The average Bonchev–Trinajstić information content (AvgIpc) is 2.56. The molecule has 2 saturated heterocycles. The second-order valence-electron chi connectivity index (χ2n) is 4.42. The van der Waals surface area contributed by atoms with Gasteiger partial charge in [0.15, 0.2) is 5.78 Å². The summed E-state index contributed by atoms with van der Waals surface area (Å²) >= 11 is 0. The molecule has 2 aliphatic rings. The molecule has 2 rings (SSSR count). The third kappa shape index (κ3) is 1.83. The van der Waals surface area contributed by atoms with E-state index in [-0.39, 0.29) is 17.7 Å². The number of hydrogen-bond donors (Lipinski definition) is 0. The highest BCUT2D eigenvalue weighted by Gasteiger charge is 2.41. The molecular weight excluding hydrogens is 190 g/mol. The van der Waals surface area contributed by atoms with E-state index in [0.29, 0.717) is 18.8 Å². The minimum atomic E-state index is -0.141. The molecule has 0 saturated carbocycles. The van der Waals surface area contributed by atoms with E-state index >= 15 is 0 Å². The summed E-state index contributed by atoms with van der Waals surface area (Å²) in [6, 6.07) is -0.141. The lowest BCUT2D eigenvalue weighted by atomic mass is 9.92. The molecule has 2 atom stereocenters. The molecule has 1 amide bonds. The van der Waals surface area contributed by atoms with Crippen LogP contribution in [0.5, 0.6) is 0 Å². The Balaban J connectivity index is 2.20. The van der Waals surface area contributed by atoms with Gasteiger partial charge in [0.2, 0.25) is 5.91 Å². The number of fused-ring (bicyclic) bond motifs is 1. The summed E-state index contributed by atoms with van der Waals surface area (Å²) in [7, 11) is 0. The van der Waals surface area contributed by atoms with E-state index in [1.54, 1.807) is 4.90 Å². The van der Waals surface area contributed by atoms with E-state index in [0.717, 1.165) is 25.8 Å². The molecular formula is C12H17NO2. The fourth-order valence-electron chi connectivity index (χ4n) is 2.74. The van der Waals surface area contributed by atoms with Crippen molar-refractivity contribution in [2.45, 2.75) is 38.1 Å². The van der Waals surface area contributed by atoms with Gasteiger partial charge in [0.1, 0.15) is 0 Å². The maximum Gasteiger partial charge on any atom is 0.223 e. The number of hydrogen-bond acceptors (Lipinski definition) is 2. The van der Waals surface area contributed by atoms with E-state index in [9.17, 15) is 9.59 Å². The van der Waals surface area contributed by atoms with Crippen LogP contribution in [0.1, 0.15) is 32.1 Å². The Morgan fingerprint density at radius 2 is 2.20 bits per heavy atom. The molecule has 0 radical (unpaired) electrons. The molecule has 0 aromatic rings.